The number of unbranched alkanes of at least 4 members (excludes halogenated alkanes) is 5. The summed E-state index contributed by atoms with van der Waals surface area (Å²) in [5.74, 6) is -0.456. The third kappa shape index (κ3) is 3.97. The van der Waals surface area contributed by atoms with Gasteiger partial charge in [-0.1, -0.05) is 51.5 Å². The van der Waals surface area contributed by atoms with E-state index in [0.717, 1.165) is 18.4 Å². The summed E-state index contributed by atoms with van der Waals surface area (Å²) in [6, 6.07) is 5.37. The minimum absolute atomic E-state index is 0.456. The van der Waals surface area contributed by atoms with E-state index in [4.69, 9.17) is 4.42 Å². The van der Waals surface area contributed by atoms with Crippen molar-refractivity contribution in [1.82, 2.24) is 4.98 Å². The Kier molecular flexibility index (Phi) is 5.41. The van der Waals surface area contributed by atoms with Gasteiger partial charge in [0.25, 0.3) is 0 Å². The van der Waals surface area contributed by atoms with Crippen LogP contribution in [-0.2, 0) is 0 Å². The minimum Gasteiger partial charge on any atom is -0.408 e. The highest BCUT2D eigenvalue weighted by atomic mass is 16.4. The van der Waals surface area contributed by atoms with Gasteiger partial charge in [0.15, 0.2) is 5.58 Å². The second-order valence-electron chi connectivity index (χ2n) is 5.34. The van der Waals surface area contributed by atoms with Gasteiger partial charge >= 0.3 is 5.76 Å². The Balaban J connectivity index is 1.84. The molecule has 1 aromatic carbocycles. The van der Waals surface area contributed by atoms with Crippen molar-refractivity contribution in [1.29, 1.82) is 0 Å². The summed E-state index contributed by atoms with van der Waals surface area (Å²) < 4.78 is 5.01. The standard InChI is InChI=1S/C16H23NO3/c1-2-3-4-5-6-7-8-14(18)12-9-10-13-15(11-12)20-16(19)17-13/h9-11,14,18H,2-8H2,1H3,(H,17,19). The normalized spacial score (nSPS) is 12.9. The topological polar surface area (TPSA) is 66.2 Å². The van der Waals surface area contributed by atoms with E-state index in [1.54, 1.807) is 12.1 Å². The van der Waals surface area contributed by atoms with E-state index in [0.29, 0.717) is 11.1 Å². The zero-order valence-corrected chi connectivity index (χ0v) is 12.0. The Morgan fingerprint density at radius 1 is 1.20 bits per heavy atom. The highest BCUT2D eigenvalue weighted by molar-refractivity contribution is 5.72. The molecule has 0 bridgehead atoms. The van der Waals surface area contributed by atoms with Crippen LogP contribution in [0.3, 0.4) is 0 Å². The van der Waals surface area contributed by atoms with Gasteiger partial charge in [-0.25, -0.2) is 4.79 Å². The van der Waals surface area contributed by atoms with E-state index in [1.807, 2.05) is 6.07 Å². The fourth-order valence-electron chi connectivity index (χ4n) is 2.45. The first-order valence-corrected chi connectivity index (χ1v) is 7.51. The Labute approximate surface area is 118 Å². The van der Waals surface area contributed by atoms with Gasteiger partial charge in [0.2, 0.25) is 0 Å². The third-order valence-corrected chi connectivity index (χ3v) is 3.66. The lowest BCUT2D eigenvalue weighted by atomic mass is 10.0. The van der Waals surface area contributed by atoms with E-state index < -0.39 is 11.9 Å². The highest BCUT2D eigenvalue weighted by Crippen LogP contribution is 2.23. The molecule has 0 aliphatic heterocycles. The number of aliphatic hydroxyl groups excluding tert-OH is 1. The summed E-state index contributed by atoms with van der Waals surface area (Å²) in [5, 5.41) is 10.2. The highest BCUT2D eigenvalue weighted by Gasteiger charge is 2.10. The molecule has 0 spiro atoms. The lowest BCUT2D eigenvalue weighted by molar-refractivity contribution is 0.163. The van der Waals surface area contributed by atoms with Crippen molar-refractivity contribution in [3.05, 3.63) is 34.3 Å². The maximum absolute atomic E-state index is 11.1. The molecule has 0 aliphatic rings. The molecule has 0 saturated carbocycles. The van der Waals surface area contributed by atoms with Crippen LogP contribution in [-0.4, -0.2) is 10.1 Å². The van der Waals surface area contributed by atoms with Crippen molar-refractivity contribution >= 4 is 11.1 Å². The number of H-pyrrole nitrogens is 1. The summed E-state index contributed by atoms with van der Waals surface area (Å²) in [7, 11) is 0. The van der Waals surface area contributed by atoms with Gasteiger partial charge in [0, 0.05) is 0 Å². The molecule has 4 heteroatoms. The lowest BCUT2D eigenvalue weighted by Crippen LogP contribution is -1.97. The van der Waals surface area contributed by atoms with Crippen LogP contribution in [0.5, 0.6) is 0 Å². The fourth-order valence-corrected chi connectivity index (χ4v) is 2.45. The van der Waals surface area contributed by atoms with Crippen LogP contribution in [0.1, 0.15) is 63.5 Å². The number of rotatable bonds is 8. The Morgan fingerprint density at radius 3 is 2.75 bits per heavy atom. The quantitative estimate of drug-likeness (QED) is 0.719. The Hall–Kier alpha value is -1.55. The fraction of sp³-hybridized carbons (Fsp3) is 0.562. The summed E-state index contributed by atoms with van der Waals surface area (Å²) >= 11 is 0. The maximum atomic E-state index is 11.1. The molecule has 0 saturated heterocycles. The van der Waals surface area contributed by atoms with Crippen molar-refractivity contribution in [2.24, 2.45) is 0 Å². The van der Waals surface area contributed by atoms with E-state index in [-0.39, 0.29) is 0 Å². The second kappa shape index (κ2) is 7.29. The number of aromatic nitrogens is 1. The average molecular weight is 277 g/mol. The zero-order valence-electron chi connectivity index (χ0n) is 12.0. The van der Waals surface area contributed by atoms with Gasteiger partial charge in [-0.3, -0.25) is 4.98 Å². The van der Waals surface area contributed by atoms with E-state index >= 15 is 0 Å². The minimum atomic E-state index is -0.481. The second-order valence-corrected chi connectivity index (χ2v) is 5.34. The van der Waals surface area contributed by atoms with Crippen LogP contribution in [0, 0.1) is 0 Å². The first kappa shape index (κ1) is 14.9. The van der Waals surface area contributed by atoms with E-state index in [1.165, 1.54) is 32.1 Å². The first-order valence-electron chi connectivity index (χ1n) is 7.51. The molecule has 1 aromatic heterocycles. The van der Waals surface area contributed by atoms with Crippen molar-refractivity contribution in [3.8, 4) is 0 Å². The number of benzene rings is 1. The van der Waals surface area contributed by atoms with Crippen LogP contribution in [0.4, 0.5) is 0 Å². The predicted octanol–water partition coefficient (Wildman–Crippen LogP) is 3.91. The molecule has 2 rings (SSSR count). The predicted molar refractivity (Wildman–Crippen MR) is 79.8 cm³/mol. The zero-order chi connectivity index (χ0) is 14.4. The number of aromatic amines is 1. The van der Waals surface area contributed by atoms with Crippen molar-refractivity contribution in [2.75, 3.05) is 0 Å². The Bertz CT molecular complexity index is 585. The van der Waals surface area contributed by atoms with Crippen LogP contribution < -0.4 is 5.76 Å². The van der Waals surface area contributed by atoms with Crippen LogP contribution in [0.2, 0.25) is 0 Å². The first-order chi connectivity index (χ1) is 9.70. The third-order valence-electron chi connectivity index (χ3n) is 3.66. The van der Waals surface area contributed by atoms with E-state index in [2.05, 4.69) is 11.9 Å². The molecule has 4 nitrogen and oxygen atoms in total. The molecule has 0 radical (unpaired) electrons. The summed E-state index contributed by atoms with van der Waals surface area (Å²) in [4.78, 5) is 13.7. The average Bonchev–Trinajstić information content (AvgIpc) is 2.81. The number of fused-ring (bicyclic) bond motifs is 1. The number of oxazole rings is 1. The molecule has 0 aliphatic carbocycles. The van der Waals surface area contributed by atoms with Crippen LogP contribution in [0.15, 0.2) is 27.4 Å². The molecule has 2 N–H and O–H groups in total. The summed E-state index contributed by atoms with van der Waals surface area (Å²) in [6.45, 7) is 2.21. The van der Waals surface area contributed by atoms with Crippen molar-refractivity contribution in [3.63, 3.8) is 0 Å². The largest absolute Gasteiger partial charge is 0.417 e. The van der Waals surface area contributed by atoms with E-state index in [9.17, 15) is 9.90 Å². The molecule has 1 unspecified atom stereocenters. The van der Waals surface area contributed by atoms with Gasteiger partial charge in [-0.15, -0.1) is 0 Å². The smallest absolute Gasteiger partial charge is 0.408 e. The number of hydrogen-bond acceptors (Lipinski definition) is 3. The lowest BCUT2D eigenvalue weighted by Gasteiger charge is -2.10. The molecule has 110 valence electrons. The number of aliphatic hydroxyl groups is 1. The van der Waals surface area contributed by atoms with Crippen molar-refractivity contribution in [2.45, 2.75) is 58.0 Å². The van der Waals surface area contributed by atoms with Crippen LogP contribution in [0.25, 0.3) is 11.1 Å². The summed E-state index contributed by atoms with van der Waals surface area (Å²) in [5.41, 5.74) is 1.99. The van der Waals surface area contributed by atoms with Gasteiger partial charge in [-0.2, -0.15) is 0 Å². The van der Waals surface area contributed by atoms with Gasteiger partial charge in [0.05, 0.1) is 11.6 Å². The molecular weight excluding hydrogens is 254 g/mol. The monoisotopic (exact) mass is 277 g/mol. The molecule has 1 heterocycles. The summed E-state index contributed by atoms with van der Waals surface area (Å²) in [6.07, 6.45) is 7.55. The SMILES string of the molecule is CCCCCCCCC(O)c1ccc2[nH]c(=O)oc2c1. The number of hydrogen-bond donors (Lipinski definition) is 2. The van der Waals surface area contributed by atoms with Gasteiger partial charge in [0.1, 0.15) is 0 Å². The molecule has 1 atom stereocenters. The van der Waals surface area contributed by atoms with Gasteiger partial charge < -0.3 is 9.52 Å². The molecule has 0 fully saturated rings. The molecular formula is C16H23NO3. The molecule has 20 heavy (non-hydrogen) atoms. The van der Waals surface area contributed by atoms with Crippen LogP contribution >= 0.6 is 0 Å². The number of nitrogens with one attached hydrogen (secondary N) is 1. The van der Waals surface area contributed by atoms with Gasteiger partial charge in [-0.05, 0) is 24.1 Å². The Morgan fingerprint density at radius 2 is 1.95 bits per heavy atom. The molecule has 2 aromatic rings. The molecule has 0 amide bonds. The van der Waals surface area contributed by atoms with Crippen molar-refractivity contribution < 1.29 is 9.52 Å². The maximum Gasteiger partial charge on any atom is 0.417 e.